The number of para-hydroxylation sites is 1. The second-order valence-corrected chi connectivity index (χ2v) is 3.33. The molecule has 0 spiro atoms. The number of rotatable bonds is 2. The Morgan fingerprint density at radius 3 is 2.69 bits per heavy atom. The molecule has 0 amide bonds. The van der Waals surface area contributed by atoms with Crippen molar-refractivity contribution in [2.75, 3.05) is 18.0 Å². The fraction of sp³-hybridized carbons (Fsp3) is 0.400. The molecule has 13 heavy (non-hydrogen) atoms. The first-order valence-electron chi connectivity index (χ1n) is 4.55. The molecule has 0 saturated carbocycles. The van der Waals surface area contributed by atoms with E-state index in [1.807, 2.05) is 18.2 Å². The fourth-order valence-corrected chi connectivity index (χ4v) is 1.71. The quantitative estimate of drug-likeness (QED) is 0.690. The third-order valence-electron chi connectivity index (χ3n) is 2.46. The maximum absolute atomic E-state index is 5.15. The molecule has 0 bridgehead atoms. The number of anilines is 1. The molecule has 1 heterocycles. The van der Waals surface area contributed by atoms with E-state index < -0.39 is 0 Å². The van der Waals surface area contributed by atoms with Crippen LogP contribution in [0.25, 0.3) is 0 Å². The molecule has 3 heteroatoms. The molecule has 70 valence electrons. The van der Waals surface area contributed by atoms with Crippen molar-refractivity contribution >= 4 is 5.69 Å². The number of hydrogen-bond donors (Lipinski definition) is 1. The summed E-state index contributed by atoms with van der Waals surface area (Å²) in [6.07, 6.45) is 1.21. The van der Waals surface area contributed by atoms with Crippen molar-refractivity contribution < 1.29 is 4.84 Å². The molecular formula is C10H14N2O. The van der Waals surface area contributed by atoms with Gasteiger partial charge in [-0.2, -0.15) is 0 Å². The van der Waals surface area contributed by atoms with Crippen LogP contribution in [0.1, 0.15) is 6.42 Å². The lowest BCUT2D eigenvalue weighted by Gasteiger charge is -2.17. The monoisotopic (exact) mass is 178 g/mol. The van der Waals surface area contributed by atoms with Crippen molar-refractivity contribution in [2.45, 2.75) is 12.5 Å². The summed E-state index contributed by atoms with van der Waals surface area (Å²) in [5.74, 6) is 5.15. The number of benzene rings is 1. The predicted octanol–water partition coefficient (Wildman–Crippen LogP) is 1.16. The van der Waals surface area contributed by atoms with Crippen LogP contribution in [0.5, 0.6) is 0 Å². The summed E-state index contributed by atoms with van der Waals surface area (Å²) in [5, 5.41) is 0. The average molecular weight is 178 g/mol. The molecule has 0 aromatic heterocycles. The van der Waals surface area contributed by atoms with Crippen LogP contribution in [-0.2, 0) is 4.84 Å². The largest absolute Gasteiger partial charge is 0.369 e. The molecule has 1 unspecified atom stereocenters. The Hall–Kier alpha value is -1.06. The Bertz CT molecular complexity index is 263. The molecular weight excluding hydrogens is 164 g/mol. The van der Waals surface area contributed by atoms with Crippen molar-refractivity contribution in [1.29, 1.82) is 0 Å². The molecule has 1 saturated heterocycles. The summed E-state index contributed by atoms with van der Waals surface area (Å²) in [6, 6.07) is 10.3. The number of nitrogens with zero attached hydrogens (tertiary/aromatic N) is 1. The minimum absolute atomic E-state index is 0.195. The highest BCUT2D eigenvalue weighted by Crippen LogP contribution is 2.20. The van der Waals surface area contributed by atoms with E-state index in [4.69, 9.17) is 10.7 Å². The highest BCUT2D eigenvalue weighted by molar-refractivity contribution is 5.46. The van der Waals surface area contributed by atoms with Crippen molar-refractivity contribution in [1.82, 2.24) is 0 Å². The standard InChI is InChI=1S/C10H14N2O/c11-13-10-6-7-12(8-10)9-4-2-1-3-5-9/h1-5,10H,6-8,11H2. The fourth-order valence-electron chi connectivity index (χ4n) is 1.71. The maximum atomic E-state index is 5.15. The zero-order chi connectivity index (χ0) is 9.10. The lowest BCUT2D eigenvalue weighted by molar-refractivity contribution is 0.0690. The molecule has 1 aliphatic rings. The summed E-state index contributed by atoms with van der Waals surface area (Å²) in [5.41, 5.74) is 1.25. The highest BCUT2D eigenvalue weighted by atomic mass is 16.6. The van der Waals surface area contributed by atoms with E-state index in [0.29, 0.717) is 0 Å². The molecule has 0 radical (unpaired) electrons. The second-order valence-electron chi connectivity index (χ2n) is 3.33. The van der Waals surface area contributed by atoms with E-state index in [2.05, 4.69) is 17.0 Å². The van der Waals surface area contributed by atoms with Gasteiger partial charge < -0.3 is 4.90 Å². The molecule has 2 rings (SSSR count). The topological polar surface area (TPSA) is 38.5 Å². The lowest BCUT2D eigenvalue weighted by Crippen LogP contribution is -2.24. The smallest absolute Gasteiger partial charge is 0.0978 e. The Morgan fingerprint density at radius 1 is 1.31 bits per heavy atom. The van der Waals surface area contributed by atoms with Crippen LogP contribution in [0.4, 0.5) is 5.69 Å². The van der Waals surface area contributed by atoms with Gasteiger partial charge in [-0.15, -0.1) is 0 Å². The van der Waals surface area contributed by atoms with Crippen LogP contribution in [-0.4, -0.2) is 19.2 Å². The van der Waals surface area contributed by atoms with E-state index in [0.717, 1.165) is 19.5 Å². The first kappa shape index (κ1) is 8.53. The summed E-state index contributed by atoms with van der Waals surface area (Å²) in [7, 11) is 0. The van der Waals surface area contributed by atoms with Crippen LogP contribution < -0.4 is 10.8 Å². The van der Waals surface area contributed by atoms with E-state index in [1.165, 1.54) is 5.69 Å². The van der Waals surface area contributed by atoms with Gasteiger partial charge in [-0.25, -0.2) is 5.90 Å². The molecule has 1 atom stereocenters. The number of hydrogen-bond acceptors (Lipinski definition) is 3. The van der Waals surface area contributed by atoms with Crippen LogP contribution in [0.2, 0.25) is 0 Å². The first-order chi connectivity index (χ1) is 6.40. The average Bonchev–Trinajstić information content (AvgIpc) is 2.67. The Morgan fingerprint density at radius 2 is 2.08 bits per heavy atom. The van der Waals surface area contributed by atoms with Crippen LogP contribution in [0, 0.1) is 0 Å². The van der Waals surface area contributed by atoms with Gasteiger partial charge in [0.25, 0.3) is 0 Å². The zero-order valence-corrected chi connectivity index (χ0v) is 7.52. The molecule has 1 aliphatic heterocycles. The zero-order valence-electron chi connectivity index (χ0n) is 7.52. The molecule has 1 fully saturated rings. The van der Waals surface area contributed by atoms with E-state index >= 15 is 0 Å². The van der Waals surface area contributed by atoms with Gasteiger partial charge in [-0.1, -0.05) is 18.2 Å². The molecule has 2 N–H and O–H groups in total. The third kappa shape index (κ3) is 1.82. The minimum Gasteiger partial charge on any atom is -0.369 e. The van der Waals surface area contributed by atoms with Gasteiger partial charge >= 0.3 is 0 Å². The van der Waals surface area contributed by atoms with Crippen molar-refractivity contribution in [3.63, 3.8) is 0 Å². The molecule has 1 aromatic carbocycles. The summed E-state index contributed by atoms with van der Waals surface area (Å²) in [4.78, 5) is 7.11. The van der Waals surface area contributed by atoms with E-state index in [1.54, 1.807) is 0 Å². The van der Waals surface area contributed by atoms with E-state index in [9.17, 15) is 0 Å². The summed E-state index contributed by atoms with van der Waals surface area (Å²) in [6.45, 7) is 1.94. The van der Waals surface area contributed by atoms with Crippen LogP contribution >= 0.6 is 0 Å². The SMILES string of the molecule is NOC1CCN(c2ccccc2)C1. The Labute approximate surface area is 78.1 Å². The van der Waals surface area contributed by atoms with Gasteiger partial charge in [-0.05, 0) is 18.6 Å². The van der Waals surface area contributed by atoms with Crippen LogP contribution in [0.15, 0.2) is 30.3 Å². The number of nitrogens with two attached hydrogens (primary N) is 1. The Kier molecular flexibility index (Phi) is 2.47. The second kappa shape index (κ2) is 3.77. The van der Waals surface area contributed by atoms with Gasteiger partial charge in [0.05, 0.1) is 6.10 Å². The van der Waals surface area contributed by atoms with Crippen molar-refractivity contribution in [3.8, 4) is 0 Å². The molecule has 0 aliphatic carbocycles. The molecule has 1 aromatic rings. The van der Waals surface area contributed by atoms with Gasteiger partial charge in [0, 0.05) is 18.8 Å². The Balaban J connectivity index is 2.04. The maximum Gasteiger partial charge on any atom is 0.0978 e. The van der Waals surface area contributed by atoms with Crippen molar-refractivity contribution in [2.24, 2.45) is 5.90 Å². The normalized spacial score (nSPS) is 22.2. The predicted molar refractivity (Wildman–Crippen MR) is 52.3 cm³/mol. The van der Waals surface area contributed by atoms with Gasteiger partial charge in [0.15, 0.2) is 0 Å². The van der Waals surface area contributed by atoms with Gasteiger partial charge in [-0.3, -0.25) is 4.84 Å². The highest BCUT2D eigenvalue weighted by Gasteiger charge is 2.22. The van der Waals surface area contributed by atoms with Gasteiger partial charge in [0.1, 0.15) is 0 Å². The van der Waals surface area contributed by atoms with E-state index in [-0.39, 0.29) is 6.10 Å². The first-order valence-corrected chi connectivity index (χ1v) is 4.55. The van der Waals surface area contributed by atoms with Gasteiger partial charge in [0.2, 0.25) is 0 Å². The van der Waals surface area contributed by atoms with Crippen molar-refractivity contribution in [3.05, 3.63) is 30.3 Å². The minimum atomic E-state index is 0.195. The summed E-state index contributed by atoms with van der Waals surface area (Å²) >= 11 is 0. The van der Waals surface area contributed by atoms with Crippen LogP contribution in [0.3, 0.4) is 0 Å². The molecule has 3 nitrogen and oxygen atoms in total. The summed E-state index contributed by atoms with van der Waals surface area (Å²) < 4.78 is 0. The third-order valence-corrected chi connectivity index (χ3v) is 2.46. The lowest BCUT2D eigenvalue weighted by atomic mass is 10.3.